The lowest BCUT2D eigenvalue weighted by atomic mass is 10.2. The van der Waals surface area contributed by atoms with Crippen LogP contribution in [0.1, 0.15) is 10.4 Å². The number of nitrogens with zero attached hydrogens (tertiary/aromatic N) is 1. The Hall–Kier alpha value is -3.14. The molecule has 0 unspecified atom stereocenters. The fraction of sp³-hybridized carbons (Fsp3) is 0.133. The molecule has 0 aliphatic carbocycles. The molecule has 25 heavy (non-hydrogen) atoms. The van der Waals surface area contributed by atoms with Crippen molar-refractivity contribution in [1.29, 1.82) is 0 Å². The van der Waals surface area contributed by atoms with Crippen molar-refractivity contribution < 1.29 is 22.9 Å². The van der Waals surface area contributed by atoms with Crippen LogP contribution in [0, 0.1) is 10.1 Å². The Balaban J connectivity index is 2.53. The Bertz CT molecular complexity index is 927. The van der Waals surface area contributed by atoms with Gasteiger partial charge in [-0.1, -0.05) is 12.1 Å². The number of benzene rings is 2. The Morgan fingerprint density at radius 2 is 1.88 bits per heavy atom. The van der Waals surface area contributed by atoms with E-state index in [-0.39, 0.29) is 17.0 Å². The molecule has 132 valence electrons. The molecule has 0 aromatic heterocycles. The van der Waals surface area contributed by atoms with Gasteiger partial charge in [-0.3, -0.25) is 19.6 Å². The number of methoxy groups -OCH3 is 1. The van der Waals surface area contributed by atoms with E-state index in [9.17, 15) is 23.3 Å². The fourth-order valence-electron chi connectivity index (χ4n) is 2.09. The lowest BCUT2D eigenvalue weighted by molar-refractivity contribution is -0.385. The highest BCUT2D eigenvalue weighted by Crippen LogP contribution is 2.30. The summed E-state index contributed by atoms with van der Waals surface area (Å²) in [6.07, 6.45) is 0. The minimum Gasteiger partial charge on any atom is -0.495 e. The first-order chi connectivity index (χ1) is 11.8. The van der Waals surface area contributed by atoms with Crippen LogP contribution in [0.5, 0.6) is 5.75 Å². The molecule has 10 heteroatoms. The third-order valence-corrected chi connectivity index (χ3v) is 4.68. The van der Waals surface area contributed by atoms with Gasteiger partial charge in [0.05, 0.1) is 23.3 Å². The quantitative estimate of drug-likeness (QED) is 0.593. The number of carbonyl (C=O) groups excluding carboxylic acids is 1. The Morgan fingerprint density at radius 3 is 2.48 bits per heavy atom. The van der Waals surface area contributed by atoms with Gasteiger partial charge in [0.15, 0.2) is 0 Å². The third-order valence-electron chi connectivity index (χ3n) is 3.29. The highest BCUT2D eigenvalue weighted by atomic mass is 32.2. The summed E-state index contributed by atoms with van der Waals surface area (Å²) in [4.78, 5) is 21.7. The van der Waals surface area contributed by atoms with Crippen molar-refractivity contribution in [2.24, 2.45) is 0 Å². The van der Waals surface area contributed by atoms with Crippen LogP contribution in [-0.2, 0) is 10.0 Å². The number of nitro groups is 1. The molecule has 0 fully saturated rings. The van der Waals surface area contributed by atoms with Gasteiger partial charge in [-0.2, -0.15) is 0 Å². The average Bonchev–Trinajstić information content (AvgIpc) is 2.60. The predicted molar refractivity (Wildman–Crippen MR) is 90.3 cm³/mol. The van der Waals surface area contributed by atoms with E-state index in [1.807, 2.05) is 0 Å². The van der Waals surface area contributed by atoms with Gasteiger partial charge in [0.25, 0.3) is 21.6 Å². The molecule has 0 radical (unpaired) electrons. The van der Waals surface area contributed by atoms with E-state index in [1.165, 1.54) is 32.4 Å². The van der Waals surface area contributed by atoms with Crippen LogP contribution in [0.15, 0.2) is 47.4 Å². The summed E-state index contributed by atoms with van der Waals surface area (Å²) in [6.45, 7) is 0. The molecule has 0 bridgehead atoms. The van der Waals surface area contributed by atoms with Crippen molar-refractivity contribution >= 4 is 27.3 Å². The number of para-hydroxylation sites is 1. The van der Waals surface area contributed by atoms with Crippen LogP contribution in [0.4, 0.5) is 11.4 Å². The van der Waals surface area contributed by atoms with Crippen LogP contribution >= 0.6 is 0 Å². The van der Waals surface area contributed by atoms with E-state index in [2.05, 4.69) is 10.0 Å². The lowest BCUT2D eigenvalue weighted by Gasteiger charge is -2.13. The van der Waals surface area contributed by atoms with Crippen molar-refractivity contribution in [3.8, 4) is 5.75 Å². The molecule has 2 N–H and O–H groups in total. The summed E-state index contributed by atoms with van der Waals surface area (Å²) in [5.41, 5.74) is -0.255. The molecule has 0 saturated carbocycles. The molecule has 0 heterocycles. The molecule has 9 nitrogen and oxygen atoms in total. The van der Waals surface area contributed by atoms with Crippen molar-refractivity contribution in [2.45, 2.75) is 4.90 Å². The monoisotopic (exact) mass is 365 g/mol. The molecule has 0 aliphatic rings. The molecule has 0 spiro atoms. The van der Waals surface area contributed by atoms with Crippen LogP contribution in [0.25, 0.3) is 0 Å². The zero-order valence-corrected chi connectivity index (χ0v) is 14.2. The summed E-state index contributed by atoms with van der Waals surface area (Å²) >= 11 is 0. The van der Waals surface area contributed by atoms with E-state index >= 15 is 0 Å². The van der Waals surface area contributed by atoms with Gasteiger partial charge in [0, 0.05) is 19.2 Å². The number of amides is 1. The molecule has 2 aromatic rings. The molecule has 2 aromatic carbocycles. The van der Waals surface area contributed by atoms with Crippen LogP contribution in [0.3, 0.4) is 0 Å². The first kappa shape index (κ1) is 18.2. The smallest absolute Gasteiger partial charge is 0.271 e. The Labute approximate surface area is 143 Å². The van der Waals surface area contributed by atoms with Crippen LogP contribution in [0.2, 0.25) is 0 Å². The standard InChI is InChI=1S/C15H15N3O6S/c1-16-15(19)11-5-3-4-6-12(11)17-25(22,23)14-9-10(18(20)21)7-8-13(14)24-2/h3-9,17H,1-2H3,(H,16,19). The average molecular weight is 365 g/mol. The number of nitro benzene ring substituents is 1. The van der Waals surface area contributed by atoms with Crippen molar-refractivity contribution in [3.63, 3.8) is 0 Å². The summed E-state index contributed by atoms with van der Waals surface area (Å²) in [5, 5.41) is 13.3. The van der Waals surface area contributed by atoms with Gasteiger partial charge >= 0.3 is 0 Å². The van der Waals surface area contributed by atoms with Gasteiger partial charge in [-0.05, 0) is 18.2 Å². The number of hydrogen-bond acceptors (Lipinski definition) is 6. The van der Waals surface area contributed by atoms with E-state index < -0.39 is 31.4 Å². The van der Waals surface area contributed by atoms with Gasteiger partial charge in [0.2, 0.25) is 0 Å². The van der Waals surface area contributed by atoms with Gasteiger partial charge in [-0.25, -0.2) is 8.42 Å². The molecule has 0 saturated heterocycles. The van der Waals surface area contributed by atoms with E-state index in [1.54, 1.807) is 12.1 Å². The van der Waals surface area contributed by atoms with Crippen molar-refractivity contribution in [3.05, 3.63) is 58.1 Å². The summed E-state index contributed by atoms with van der Waals surface area (Å²) in [5.74, 6) is -0.542. The summed E-state index contributed by atoms with van der Waals surface area (Å²) in [7, 11) is -1.57. The largest absolute Gasteiger partial charge is 0.495 e. The topological polar surface area (TPSA) is 128 Å². The number of anilines is 1. The van der Waals surface area contributed by atoms with Crippen LogP contribution in [-0.4, -0.2) is 33.4 Å². The third kappa shape index (κ3) is 3.86. The van der Waals surface area contributed by atoms with Crippen molar-refractivity contribution in [1.82, 2.24) is 5.32 Å². The lowest BCUT2D eigenvalue weighted by Crippen LogP contribution is -2.22. The Kier molecular flexibility index (Phi) is 5.22. The highest BCUT2D eigenvalue weighted by Gasteiger charge is 2.24. The minimum atomic E-state index is -4.24. The Morgan fingerprint density at radius 1 is 1.20 bits per heavy atom. The predicted octanol–water partition coefficient (Wildman–Crippen LogP) is 1.76. The summed E-state index contributed by atoms with van der Waals surface area (Å²) in [6, 6.07) is 9.20. The molecule has 0 atom stereocenters. The maximum atomic E-state index is 12.7. The normalized spacial score (nSPS) is 10.8. The maximum Gasteiger partial charge on any atom is 0.271 e. The number of ether oxygens (including phenoxy) is 1. The number of sulfonamides is 1. The first-order valence-corrected chi connectivity index (χ1v) is 8.45. The van der Waals surface area contributed by atoms with Gasteiger partial charge in [0.1, 0.15) is 10.6 Å². The fourth-order valence-corrected chi connectivity index (χ4v) is 3.36. The van der Waals surface area contributed by atoms with E-state index in [4.69, 9.17) is 4.74 Å². The zero-order valence-electron chi connectivity index (χ0n) is 13.3. The number of hydrogen-bond donors (Lipinski definition) is 2. The summed E-state index contributed by atoms with van der Waals surface area (Å²) < 4.78 is 32.6. The zero-order chi connectivity index (χ0) is 18.6. The van der Waals surface area contributed by atoms with E-state index in [0.717, 1.165) is 12.1 Å². The SMILES string of the molecule is CNC(=O)c1ccccc1NS(=O)(=O)c1cc([N+](=O)[O-])ccc1OC. The highest BCUT2D eigenvalue weighted by molar-refractivity contribution is 7.92. The number of rotatable bonds is 6. The molecule has 2 rings (SSSR count). The number of nitrogens with one attached hydrogen (secondary N) is 2. The maximum absolute atomic E-state index is 12.7. The van der Waals surface area contributed by atoms with Crippen molar-refractivity contribution in [2.75, 3.05) is 18.9 Å². The first-order valence-electron chi connectivity index (χ1n) is 6.96. The number of carbonyl (C=O) groups is 1. The molecule has 1 amide bonds. The molecular formula is C15H15N3O6S. The molecular weight excluding hydrogens is 350 g/mol. The van der Waals surface area contributed by atoms with Crippen LogP contribution < -0.4 is 14.8 Å². The second-order valence-corrected chi connectivity index (χ2v) is 6.47. The van der Waals surface area contributed by atoms with Gasteiger partial charge < -0.3 is 10.1 Å². The van der Waals surface area contributed by atoms with Gasteiger partial charge in [-0.15, -0.1) is 0 Å². The van der Waals surface area contributed by atoms with E-state index in [0.29, 0.717) is 0 Å². The minimum absolute atomic E-state index is 0.0374. The number of non-ortho nitro benzene ring substituents is 1. The second-order valence-electron chi connectivity index (χ2n) is 4.82. The molecule has 0 aliphatic heterocycles. The second kappa shape index (κ2) is 7.18.